The van der Waals surface area contributed by atoms with Gasteiger partial charge in [0.25, 0.3) is 5.56 Å². The van der Waals surface area contributed by atoms with E-state index in [1.165, 1.54) is 0 Å². The summed E-state index contributed by atoms with van der Waals surface area (Å²) in [5.74, 6) is 0.484. The fraction of sp³-hybridized carbons (Fsp3) is 0.467. The van der Waals surface area contributed by atoms with Crippen LogP contribution >= 0.6 is 0 Å². The van der Waals surface area contributed by atoms with Gasteiger partial charge in [-0.3, -0.25) is 9.78 Å². The minimum Gasteiger partial charge on any atom is -0.447 e. The smallest absolute Gasteiger partial charge is 0.410 e. The number of pyridine rings is 1. The van der Waals surface area contributed by atoms with Crippen LogP contribution in [0.4, 0.5) is 10.7 Å². The standard InChI is InChI=1S/C15H19N5O3/c1-10(2)23-15(22)20-8-6-19(7-9-20)14-17-12-11(13(21)18-14)4-3-5-16-12/h3-5,10H,6-9H2,1-2H3,(H,16,17,18,21). The maximum Gasteiger partial charge on any atom is 0.410 e. The fourth-order valence-corrected chi connectivity index (χ4v) is 2.49. The minimum absolute atomic E-state index is 0.134. The SMILES string of the molecule is CC(C)OC(=O)N1CCN(c2nc3ncccc3c(=O)[nH]2)CC1. The first-order valence-electron chi connectivity index (χ1n) is 7.60. The molecule has 1 N–H and O–H groups in total. The van der Waals surface area contributed by atoms with Crippen molar-refractivity contribution >= 4 is 23.1 Å². The number of piperazine rings is 1. The first kappa shape index (κ1) is 15.3. The lowest BCUT2D eigenvalue weighted by Gasteiger charge is -2.34. The van der Waals surface area contributed by atoms with Crippen LogP contribution in [-0.2, 0) is 4.74 Å². The Morgan fingerprint density at radius 3 is 2.74 bits per heavy atom. The number of fused-ring (bicyclic) bond motifs is 1. The first-order valence-corrected chi connectivity index (χ1v) is 7.60. The lowest BCUT2D eigenvalue weighted by atomic mass is 10.3. The summed E-state index contributed by atoms with van der Waals surface area (Å²) in [6.07, 6.45) is 1.17. The van der Waals surface area contributed by atoms with Crippen molar-refractivity contribution in [2.24, 2.45) is 0 Å². The van der Waals surface area contributed by atoms with Crippen molar-refractivity contribution in [3.8, 4) is 0 Å². The summed E-state index contributed by atoms with van der Waals surface area (Å²) >= 11 is 0. The molecule has 1 amide bonds. The Labute approximate surface area is 133 Å². The van der Waals surface area contributed by atoms with Crippen molar-refractivity contribution in [2.45, 2.75) is 20.0 Å². The largest absolute Gasteiger partial charge is 0.447 e. The van der Waals surface area contributed by atoms with E-state index in [1.807, 2.05) is 18.7 Å². The van der Waals surface area contributed by atoms with Crippen LogP contribution in [0.3, 0.4) is 0 Å². The molecule has 122 valence electrons. The topological polar surface area (TPSA) is 91.4 Å². The molecule has 0 radical (unpaired) electrons. The van der Waals surface area contributed by atoms with Crippen LogP contribution in [0.15, 0.2) is 23.1 Å². The molecule has 0 atom stereocenters. The number of nitrogens with one attached hydrogen (secondary N) is 1. The van der Waals surface area contributed by atoms with E-state index >= 15 is 0 Å². The van der Waals surface area contributed by atoms with Crippen molar-refractivity contribution in [3.05, 3.63) is 28.7 Å². The van der Waals surface area contributed by atoms with Crippen LogP contribution in [0.2, 0.25) is 0 Å². The molecule has 1 fully saturated rings. The highest BCUT2D eigenvalue weighted by molar-refractivity contribution is 5.74. The number of carbonyl (C=O) groups excluding carboxylic acids is 1. The van der Waals surface area contributed by atoms with Crippen molar-refractivity contribution in [1.29, 1.82) is 0 Å². The van der Waals surface area contributed by atoms with Gasteiger partial charge in [0, 0.05) is 32.4 Å². The highest BCUT2D eigenvalue weighted by atomic mass is 16.6. The molecule has 8 nitrogen and oxygen atoms in total. The van der Waals surface area contributed by atoms with Crippen LogP contribution in [0.1, 0.15) is 13.8 Å². The molecule has 23 heavy (non-hydrogen) atoms. The Balaban J connectivity index is 1.73. The zero-order valence-corrected chi connectivity index (χ0v) is 13.2. The Hall–Kier alpha value is -2.64. The third-order valence-electron chi connectivity index (χ3n) is 3.64. The molecule has 1 aliphatic heterocycles. The quantitative estimate of drug-likeness (QED) is 0.888. The molecule has 2 aromatic heterocycles. The number of rotatable bonds is 2. The van der Waals surface area contributed by atoms with Crippen molar-refractivity contribution < 1.29 is 9.53 Å². The molecule has 0 bridgehead atoms. The first-order chi connectivity index (χ1) is 11.0. The maximum atomic E-state index is 12.1. The Morgan fingerprint density at radius 2 is 2.04 bits per heavy atom. The van der Waals surface area contributed by atoms with E-state index in [-0.39, 0.29) is 17.8 Å². The number of anilines is 1. The number of H-pyrrole nitrogens is 1. The molecule has 0 spiro atoms. The van der Waals surface area contributed by atoms with Crippen LogP contribution < -0.4 is 10.5 Å². The van der Waals surface area contributed by atoms with Gasteiger partial charge < -0.3 is 14.5 Å². The summed E-state index contributed by atoms with van der Waals surface area (Å²) in [6.45, 7) is 5.85. The Kier molecular flexibility index (Phi) is 4.14. The number of aromatic nitrogens is 3. The Morgan fingerprint density at radius 1 is 1.30 bits per heavy atom. The third kappa shape index (κ3) is 3.25. The van der Waals surface area contributed by atoms with Gasteiger partial charge in [-0.05, 0) is 26.0 Å². The zero-order chi connectivity index (χ0) is 16.4. The van der Waals surface area contributed by atoms with Gasteiger partial charge in [-0.1, -0.05) is 0 Å². The molecule has 3 rings (SSSR count). The summed E-state index contributed by atoms with van der Waals surface area (Å²) < 4.78 is 5.19. The second-order valence-electron chi connectivity index (χ2n) is 5.67. The summed E-state index contributed by atoms with van der Waals surface area (Å²) in [7, 11) is 0. The lowest BCUT2D eigenvalue weighted by Crippen LogP contribution is -2.50. The van der Waals surface area contributed by atoms with E-state index in [0.717, 1.165) is 0 Å². The van der Waals surface area contributed by atoms with Gasteiger partial charge in [0.15, 0.2) is 5.65 Å². The number of aromatic amines is 1. The number of amides is 1. The van der Waals surface area contributed by atoms with E-state index in [9.17, 15) is 9.59 Å². The maximum absolute atomic E-state index is 12.1. The Bertz CT molecular complexity index is 765. The number of hydrogen-bond donors (Lipinski definition) is 1. The average Bonchev–Trinajstić information content (AvgIpc) is 2.54. The molecule has 3 heterocycles. The number of hydrogen-bond acceptors (Lipinski definition) is 6. The molecule has 1 saturated heterocycles. The van der Waals surface area contributed by atoms with Gasteiger partial charge in [-0.25, -0.2) is 9.78 Å². The second kappa shape index (κ2) is 6.23. The monoisotopic (exact) mass is 317 g/mol. The minimum atomic E-state index is -0.304. The summed E-state index contributed by atoms with van der Waals surface area (Å²) in [4.78, 5) is 38.9. The molecule has 1 aliphatic rings. The van der Waals surface area contributed by atoms with E-state index in [4.69, 9.17) is 4.74 Å². The van der Waals surface area contributed by atoms with Gasteiger partial charge >= 0.3 is 6.09 Å². The predicted octanol–water partition coefficient (Wildman–Crippen LogP) is 0.985. The molecular weight excluding hydrogens is 298 g/mol. The van der Waals surface area contributed by atoms with Gasteiger partial charge in [0.05, 0.1) is 11.5 Å². The number of carbonyl (C=O) groups is 1. The van der Waals surface area contributed by atoms with E-state index in [2.05, 4.69) is 15.0 Å². The number of ether oxygens (including phenoxy) is 1. The molecule has 0 aliphatic carbocycles. The molecule has 8 heteroatoms. The van der Waals surface area contributed by atoms with Crippen molar-refractivity contribution in [1.82, 2.24) is 19.9 Å². The van der Waals surface area contributed by atoms with Crippen molar-refractivity contribution in [2.75, 3.05) is 31.1 Å². The molecule has 0 saturated carbocycles. The van der Waals surface area contributed by atoms with E-state index < -0.39 is 0 Å². The predicted molar refractivity (Wildman–Crippen MR) is 85.6 cm³/mol. The fourth-order valence-electron chi connectivity index (χ4n) is 2.49. The zero-order valence-electron chi connectivity index (χ0n) is 13.2. The van der Waals surface area contributed by atoms with Crippen LogP contribution in [0.5, 0.6) is 0 Å². The highest BCUT2D eigenvalue weighted by Gasteiger charge is 2.24. The number of nitrogens with zero attached hydrogens (tertiary/aromatic N) is 4. The van der Waals surface area contributed by atoms with Gasteiger partial charge in [-0.15, -0.1) is 0 Å². The van der Waals surface area contributed by atoms with Gasteiger partial charge in [0.1, 0.15) is 0 Å². The van der Waals surface area contributed by atoms with E-state index in [0.29, 0.717) is 43.2 Å². The molecule has 0 unspecified atom stereocenters. The molecular formula is C15H19N5O3. The summed E-state index contributed by atoms with van der Waals surface area (Å²) in [6, 6.07) is 3.40. The molecule has 0 aromatic carbocycles. The van der Waals surface area contributed by atoms with Crippen LogP contribution in [-0.4, -0.2) is 58.2 Å². The highest BCUT2D eigenvalue weighted by Crippen LogP contribution is 2.13. The average molecular weight is 317 g/mol. The normalized spacial score (nSPS) is 15.3. The van der Waals surface area contributed by atoms with Crippen LogP contribution in [0, 0.1) is 0 Å². The lowest BCUT2D eigenvalue weighted by molar-refractivity contribution is 0.0750. The summed E-state index contributed by atoms with van der Waals surface area (Å²) in [5, 5.41) is 0.468. The summed E-state index contributed by atoms with van der Waals surface area (Å²) in [5.41, 5.74) is 0.215. The van der Waals surface area contributed by atoms with Crippen molar-refractivity contribution in [3.63, 3.8) is 0 Å². The molecule has 2 aromatic rings. The van der Waals surface area contributed by atoms with Gasteiger partial charge in [-0.2, -0.15) is 4.98 Å². The second-order valence-corrected chi connectivity index (χ2v) is 5.67. The van der Waals surface area contributed by atoms with E-state index in [1.54, 1.807) is 23.2 Å². The van der Waals surface area contributed by atoms with Gasteiger partial charge in [0.2, 0.25) is 5.95 Å². The third-order valence-corrected chi connectivity index (χ3v) is 3.64. The van der Waals surface area contributed by atoms with Crippen LogP contribution in [0.25, 0.3) is 11.0 Å².